The summed E-state index contributed by atoms with van der Waals surface area (Å²) in [4.78, 5) is 0.248. The standard InChI is InChI=1S/C17H17N3O2S/c1-14-5-3-6-16(13-14)19(2)23(21,22)17-9-7-15(8-10-17)20-12-4-11-18-20/h3-13H,1-2H3. The van der Waals surface area contributed by atoms with Crippen LogP contribution in [0.5, 0.6) is 0 Å². The Hall–Kier alpha value is -2.60. The Kier molecular flexibility index (Phi) is 3.92. The first kappa shape index (κ1) is 15.3. The molecule has 0 aliphatic heterocycles. The van der Waals surface area contributed by atoms with Crippen LogP contribution in [-0.4, -0.2) is 25.2 Å². The molecule has 6 heteroatoms. The number of rotatable bonds is 4. The van der Waals surface area contributed by atoms with Crippen molar-refractivity contribution < 1.29 is 8.42 Å². The SMILES string of the molecule is Cc1cccc(N(C)S(=O)(=O)c2ccc(-n3cccn3)cc2)c1. The lowest BCUT2D eigenvalue weighted by molar-refractivity contribution is 0.594. The molecule has 1 heterocycles. The molecular weight excluding hydrogens is 310 g/mol. The molecule has 2 aromatic carbocycles. The summed E-state index contributed by atoms with van der Waals surface area (Å²) < 4.78 is 28.5. The van der Waals surface area contributed by atoms with Crippen molar-refractivity contribution in [2.24, 2.45) is 0 Å². The van der Waals surface area contributed by atoms with Gasteiger partial charge in [0.15, 0.2) is 0 Å². The van der Waals surface area contributed by atoms with Crippen molar-refractivity contribution in [3.8, 4) is 5.69 Å². The van der Waals surface area contributed by atoms with E-state index in [0.717, 1.165) is 11.3 Å². The van der Waals surface area contributed by atoms with Gasteiger partial charge in [-0.05, 0) is 55.0 Å². The minimum atomic E-state index is -3.59. The minimum Gasteiger partial charge on any atom is -0.269 e. The molecule has 0 amide bonds. The zero-order chi connectivity index (χ0) is 16.4. The van der Waals surface area contributed by atoms with Crippen molar-refractivity contribution >= 4 is 15.7 Å². The maximum Gasteiger partial charge on any atom is 0.264 e. The lowest BCUT2D eigenvalue weighted by atomic mass is 10.2. The Morgan fingerprint density at radius 1 is 1.04 bits per heavy atom. The van der Waals surface area contributed by atoms with Crippen LogP contribution in [0.25, 0.3) is 5.69 Å². The second-order valence-corrected chi connectivity index (χ2v) is 7.23. The maximum atomic E-state index is 12.7. The molecule has 0 spiro atoms. The highest BCUT2D eigenvalue weighted by Gasteiger charge is 2.21. The Bertz CT molecular complexity index is 901. The predicted octanol–water partition coefficient (Wildman–Crippen LogP) is 3.01. The topological polar surface area (TPSA) is 55.2 Å². The van der Waals surface area contributed by atoms with E-state index < -0.39 is 10.0 Å². The van der Waals surface area contributed by atoms with E-state index >= 15 is 0 Å². The van der Waals surface area contributed by atoms with Crippen molar-refractivity contribution in [3.63, 3.8) is 0 Å². The fraction of sp³-hybridized carbons (Fsp3) is 0.118. The third kappa shape index (κ3) is 2.98. The van der Waals surface area contributed by atoms with Crippen molar-refractivity contribution in [1.29, 1.82) is 0 Å². The Labute approximate surface area is 135 Å². The molecule has 0 unspecified atom stereocenters. The van der Waals surface area contributed by atoms with Gasteiger partial charge >= 0.3 is 0 Å². The van der Waals surface area contributed by atoms with Gasteiger partial charge in [-0.3, -0.25) is 4.31 Å². The average molecular weight is 327 g/mol. The number of aromatic nitrogens is 2. The van der Waals surface area contributed by atoms with Crippen LogP contribution < -0.4 is 4.31 Å². The molecule has 0 radical (unpaired) electrons. The Morgan fingerprint density at radius 3 is 2.39 bits per heavy atom. The van der Waals surface area contributed by atoms with Gasteiger partial charge in [0.05, 0.1) is 16.3 Å². The largest absolute Gasteiger partial charge is 0.269 e. The molecule has 0 aliphatic carbocycles. The fourth-order valence-corrected chi connectivity index (χ4v) is 3.50. The van der Waals surface area contributed by atoms with Crippen LogP contribution in [0.2, 0.25) is 0 Å². The van der Waals surface area contributed by atoms with Crippen LogP contribution in [0.1, 0.15) is 5.56 Å². The van der Waals surface area contributed by atoms with E-state index in [0.29, 0.717) is 5.69 Å². The Morgan fingerprint density at radius 2 is 1.78 bits per heavy atom. The van der Waals surface area contributed by atoms with Gasteiger partial charge in [-0.15, -0.1) is 0 Å². The summed E-state index contributed by atoms with van der Waals surface area (Å²) in [6, 6.07) is 15.9. The zero-order valence-electron chi connectivity index (χ0n) is 12.9. The van der Waals surface area contributed by atoms with Crippen LogP contribution in [-0.2, 0) is 10.0 Å². The van der Waals surface area contributed by atoms with E-state index in [-0.39, 0.29) is 4.90 Å². The summed E-state index contributed by atoms with van der Waals surface area (Å²) in [5.74, 6) is 0. The molecule has 0 fully saturated rings. The molecule has 0 saturated heterocycles. The van der Waals surface area contributed by atoms with Crippen LogP contribution in [0.3, 0.4) is 0 Å². The van der Waals surface area contributed by atoms with E-state index in [1.807, 2.05) is 37.4 Å². The number of aryl methyl sites for hydroxylation is 1. The number of benzene rings is 2. The van der Waals surface area contributed by atoms with Gasteiger partial charge in [0, 0.05) is 19.4 Å². The van der Waals surface area contributed by atoms with Crippen LogP contribution in [0, 0.1) is 6.92 Å². The van der Waals surface area contributed by atoms with E-state index in [9.17, 15) is 8.42 Å². The highest BCUT2D eigenvalue weighted by Crippen LogP contribution is 2.23. The van der Waals surface area contributed by atoms with Gasteiger partial charge in [0.25, 0.3) is 10.0 Å². The van der Waals surface area contributed by atoms with E-state index in [2.05, 4.69) is 5.10 Å². The van der Waals surface area contributed by atoms with Gasteiger partial charge < -0.3 is 0 Å². The van der Waals surface area contributed by atoms with E-state index in [4.69, 9.17) is 0 Å². The highest BCUT2D eigenvalue weighted by molar-refractivity contribution is 7.92. The van der Waals surface area contributed by atoms with Gasteiger partial charge in [0.2, 0.25) is 0 Å². The average Bonchev–Trinajstić information content (AvgIpc) is 3.08. The summed E-state index contributed by atoms with van der Waals surface area (Å²) >= 11 is 0. The second-order valence-electron chi connectivity index (χ2n) is 5.26. The lowest BCUT2D eigenvalue weighted by Crippen LogP contribution is -2.26. The first-order chi connectivity index (χ1) is 11.0. The van der Waals surface area contributed by atoms with Crippen LogP contribution in [0.15, 0.2) is 71.9 Å². The molecule has 3 aromatic rings. The summed E-state index contributed by atoms with van der Waals surface area (Å²) in [6.45, 7) is 1.93. The third-order valence-electron chi connectivity index (χ3n) is 3.63. The molecule has 0 atom stereocenters. The fourth-order valence-electron chi connectivity index (χ4n) is 2.31. The van der Waals surface area contributed by atoms with Gasteiger partial charge in [-0.1, -0.05) is 12.1 Å². The second kappa shape index (κ2) is 5.89. The smallest absolute Gasteiger partial charge is 0.264 e. The quantitative estimate of drug-likeness (QED) is 0.740. The molecule has 23 heavy (non-hydrogen) atoms. The number of anilines is 1. The number of hydrogen-bond donors (Lipinski definition) is 0. The number of nitrogens with zero attached hydrogens (tertiary/aromatic N) is 3. The van der Waals surface area contributed by atoms with Crippen LogP contribution in [0.4, 0.5) is 5.69 Å². The predicted molar refractivity (Wildman–Crippen MR) is 90.3 cm³/mol. The summed E-state index contributed by atoms with van der Waals surface area (Å²) in [6.07, 6.45) is 3.48. The lowest BCUT2D eigenvalue weighted by Gasteiger charge is -2.20. The summed E-state index contributed by atoms with van der Waals surface area (Å²) in [5, 5.41) is 4.13. The molecule has 118 valence electrons. The molecule has 0 N–H and O–H groups in total. The van der Waals surface area contributed by atoms with Gasteiger partial charge in [-0.2, -0.15) is 5.10 Å². The third-order valence-corrected chi connectivity index (χ3v) is 5.43. The van der Waals surface area contributed by atoms with Crippen LogP contribution >= 0.6 is 0 Å². The maximum absolute atomic E-state index is 12.7. The first-order valence-electron chi connectivity index (χ1n) is 7.14. The highest BCUT2D eigenvalue weighted by atomic mass is 32.2. The first-order valence-corrected chi connectivity index (χ1v) is 8.58. The Balaban J connectivity index is 1.93. The summed E-state index contributed by atoms with van der Waals surface area (Å²) in [7, 11) is -2.03. The van der Waals surface area contributed by atoms with Crippen molar-refractivity contribution in [3.05, 3.63) is 72.6 Å². The zero-order valence-corrected chi connectivity index (χ0v) is 13.7. The van der Waals surface area contributed by atoms with E-state index in [1.54, 1.807) is 48.3 Å². The van der Waals surface area contributed by atoms with Crippen molar-refractivity contribution in [2.75, 3.05) is 11.4 Å². The van der Waals surface area contributed by atoms with Gasteiger partial charge in [-0.25, -0.2) is 13.1 Å². The van der Waals surface area contributed by atoms with Gasteiger partial charge in [0.1, 0.15) is 0 Å². The molecule has 3 rings (SSSR count). The van der Waals surface area contributed by atoms with Crippen molar-refractivity contribution in [2.45, 2.75) is 11.8 Å². The molecular formula is C17H17N3O2S. The molecule has 0 aliphatic rings. The van der Waals surface area contributed by atoms with E-state index in [1.165, 1.54) is 4.31 Å². The summed E-state index contributed by atoms with van der Waals surface area (Å²) in [5.41, 5.74) is 2.46. The van der Waals surface area contributed by atoms with Crippen molar-refractivity contribution in [1.82, 2.24) is 9.78 Å². The number of sulfonamides is 1. The molecule has 0 bridgehead atoms. The molecule has 5 nitrogen and oxygen atoms in total. The normalized spacial score (nSPS) is 11.4. The molecule has 1 aromatic heterocycles. The monoisotopic (exact) mass is 327 g/mol. The minimum absolute atomic E-state index is 0.248. The number of hydrogen-bond acceptors (Lipinski definition) is 3. The molecule has 0 saturated carbocycles.